The van der Waals surface area contributed by atoms with Crippen molar-refractivity contribution in [2.75, 3.05) is 0 Å². The number of rotatable bonds is 1. The van der Waals surface area contributed by atoms with E-state index in [1.165, 1.54) is 0 Å². The lowest BCUT2D eigenvalue weighted by molar-refractivity contribution is -0.144. The molecule has 0 aromatic heterocycles. The van der Waals surface area contributed by atoms with Crippen LogP contribution in [0, 0.1) is 5.92 Å². The van der Waals surface area contributed by atoms with Gasteiger partial charge in [-0.1, -0.05) is 13.3 Å². The third-order valence-corrected chi connectivity index (χ3v) is 2.51. The quantitative estimate of drug-likeness (QED) is 0.564. The molecular weight excluding hydrogens is 130 g/mol. The first-order valence-electron chi connectivity index (χ1n) is 3.59. The summed E-state index contributed by atoms with van der Waals surface area (Å²) >= 11 is 0. The van der Waals surface area contributed by atoms with Crippen molar-refractivity contribution in [3.63, 3.8) is 0 Å². The van der Waals surface area contributed by atoms with Crippen LogP contribution in [0.1, 0.15) is 26.2 Å². The lowest BCUT2D eigenvalue weighted by Crippen LogP contribution is -2.49. The van der Waals surface area contributed by atoms with Crippen molar-refractivity contribution < 1.29 is 9.90 Å². The van der Waals surface area contributed by atoms with Gasteiger partial charge in [-0.05, 0) is 18.8 Å². The molecule has 3 heteroatoms. The van der Waals surface area contributed by atoms with Gasteiger partial charge in [0.25, 0.3) is 0 Å². The summed E-state index contributed by atoms with van der Waals surface area (Å²) < 4.78 is 0. The van der Waals surface area contributed by atoms with Gasteiger partial charge in [0.05, 0.1) is 0 Å². The van der Waals surface area contributed by atoms with Crippen molar-refractivity contribution in [2.45, 2.75) is 31.7 Å². The van der Waals surface area contributed by atoms with E-state index in [1.54, 1.807) is 0 Å². The van der Waals surface area contributed by atoms with Gasteiger partial charge in [0.15, 0.2) is 0 Å². The molecule has 1 saturated carbocycles. The Labute approximate surface area is 60.2 Å². The van der Waals surface area contributed by atoms with E-state index in [1.807, 2.05) is 6.92 Å². The lowest BCUT2D eigenvalue weighted by atomic mass is 9.90. The highest BCUT2D eigenvalue weighted by molar-refractivity contribution is 5.79. The number of hydrogen-bond donors (Lipinski definition) is 2. The second kappa shape index (κ2) is 2.23. The van der Waals surface area contributed by atoms with Gasteiger partial charge in [0.1, 0.15) is 5.54 Å². The molecule has 3 N–H and O–H groups in total. The maximum Gasteiger partial charge on any atom is 0.323 e. The summed E-state index contributed by atoms with van der Waals surface area (Å²) in [6.07, 6.45) is 2.52. The third-order valence-electron chi connectivity index (χ3n) is 2.51. The summed E-state index contributed by atoms with van der Waals surface area (Å²) in [6.45, 7) is 1.90. The van der Waals surface area contributed by atoms with E-state index < -0.39 is 11.5 Å². The summed E-state index contributed by atoms with van der Waals surface area (Å²) in [5.74, 6) is -0.720. The Morgan fingerprint density at radius 1 is 1.80 bits per heavy atom. The van der Waals surface area contributed by atoms with Gasteiger partial charge in [-0.15, -0.1) is 0 Å². The predicted octanol–water partition coefficient (Wildman–Crippen LogP) is 0.588. The van der Waals surface area contributed by atoms with E-state index in [4.69, 9.17) is 10.8 Å². The van der Waals surface area contributed by atoms with Crippen LogP contribution in [0.2, 0.25) is 0 Å². The number of aliphatic carboxylic acids is 1. The minimum atomic E-state index is -0.931. The number of carbonyl (C=O) groups is 1. The van der Waals surface area contributed by atoms with Crippen LogP contribution in [-0.2, 0) is 4.79 Å². The summed E-state index contributed by atoms with van der Waals surface area (Å²) in [5, 5.41) is 8.72. The number of carboxylic acids is 1. The van der Waals surface area contributed by atoms with Crippen molar-refractivity contribution >= 4 is 5.97 Å². The Morgan fingerprint density at radius 3 is 2.60 bits per heavy atom. The molecule has 0 aromatic carbocycles. The van der Waals surface area contributed by atoms with E-state index in [0.717, 1.165) is 12.8 Å². The van der Waals surface area contributed by atoms with E-state index in [2.05, 4.69) is 0 Å². The molecule has 58 valence electrons. The van der Waals surface area contributed by atoms with Crippen LogP contribution in [-0.4, -0.2) is 16.6 Å². The normalized spacial score (nSPS) is 40.0. The van der Waals surface area contributed by atoms with Gasteiger partial charge in [-0.25, -0.2) is 0 Å². The molecule has 0 aliphatic heterocycles. The monoisotopic (exact) mass is 143 g/mol. The SMILES string of the molecule is C[C@H]1CCC[C@]1(N)C(=O)O. The maximum absolute atomic E-state index is 10.6. The molecule has 0 bridgehead atoms. The Hall–Kier alpha value is -0.570. The summed E-state index contributed by atoms with van der Waals surface area (Å²) in [4.78, 5) is 10.6. The second-order valence-corrected chi connectivity index (χ2v) is 3.14. The molecule has 1 aliphatic rings. The molecule has 1 rings (SSSR count). The van der Waals surface area contributed by atoms with E-state index in [-0.39, 0.29) is 5.92 Å². The van der Waals surface area contributed by atoms with Gasteiger partial charge >= 0.3 is 5.97 Å². The molecule has 0 amide bonds. The summed E-state index contributed by atoms with van der Waals surface area (Å²) in [7, 11) is 0. The molecule has 0 unspecified atom stereocenters. The highest BCUT2D eigenvalue weighted by Gasteiger charge is 2.43. The molecule has 1 aliphatic carbocycles. The average molecular weight is 143 g/mol. The Morgan fingerprint density at radius 2 is 2.40 bits per heavy atom. The van der Waals surface area contributed by atoms with Crippen LogP contribution >= 0.6 is 0 Å². The fourth-order valence-electron chi connectivity index (χ4n) is 1.52. The van der Waals surface area contributed by atoms with Crippen molar-refractivity contribution in [3.8, 4) is 0 Å². The molecular formula is C7H13NO2. The first-order chi connectivity index (χ1) is 4.57. The maximum atomic E-state index is 10.6. The molecule has 0 aromatic rings. The minimum absolute atomic E-state index is 0.130. The van der Waals surface area contributed by atoms with Gasteiger partial charge in [-0.2, -0.15) is 0 Å². The van der Waals surface area contributed by atoms with Crippen LogP contribution < -0.4 is 5.73 Å². The Kier molecular flexibility index (Phi) is 1.68. The topological polar surface area (TPSA) is 63.3 Å². The standard InChI is InChI=1S/C7H13NO2/c1-5-3-2-4-7(5,8)6(9)10/h5H,2-4,8H2,1H3,(H,9,10)/t5-,7+/m0/s1. The van der Waals surface area contributed by atoms with Crippen LogP contribution in [0.4, 0.5) is 0 Å². The van der Waals surface area contributed by atoms with Crippen LogP contribution in [0.25, 0.3) is 0 Å². The van der Waals surface area contributed by atoms with Gasteiger partial charge < -0.3 is 10.8 Å². The molecule has 0 radical (unpaired) electrons. The summed E-state index contributed by atoms with van der Waals surface area (Å²) in [5.41, 5.74) is 4.72. The van der Waals surface area contributed by atoms with E-state index in [0.29, 0.717) is 6.42 Å². The van der Waals surface area contributed by atoms with Gasteiger partial charge in [0.2, 0.25) is 0 Å². The fourth-order valence-corrected chi connectivity index (χ4v) is 1.52. The van der Waals surface area contributed by atoms with Gasteiger partial charge in [0, 0.05) is 0 Å². The van der Waals surface area contributed by atoms with Crippen LogP contribution in [0.3, 0.4) is 0 Å². The van der Waals surface area contributed by atoms with E-state index >= 15 is 0 Å². The smallest absolute Gasteiger partial charge is 0.323 e. The fraction of sp³-hybridized carbons (Fsp3) is 0.857. The average Bonchev–Trinajstić information content (AvgIpc) is 2.15. The molecule has 3 nitrogen and oxygen atoms in total. The van der Waals surface area contributed by atoms with Crippen molar-refractivity contribution in [3.05, 3.63) is 0 Å². The van der Waals surface area contributed by atoms with Gasteiger partial charge in [-0.3, -0.25) is 4.79 Å². The number of nitrogens with two attached hydrogens (primary N) is 1. The molecule has 10 heavy (non-hydrogen) atoms. The first-order valence-corrected chi connectivity index (χ1v) is 3.59. The lowest BCUT2D eigenvalue weighted by Gasteiger charge is -2.22. The third kappa shape index (κ3) is 0.904. The number of carboxylic acid groups (broad SMARTS) is 1. The first kappa shape index (κ1) is 7.54. The number of hydrogen-bond acceptors (Lipinski definition) is 2. The van der Waals surface area contributed by atoms with Crippen LogP contribution in [0.15, 0.2) is 0 Å². The molecule has 0 saturated heterocycles. The molecule has 0 spiro atoms. The van der Waals surface area contributed by atoms with Crippen molar-refractivity contribution in [1.29, 1.82) is 0 Å². The zero-order chi connectivity index (χ0) is 7.78. The zero-order valence-electron chi connectivity index (χ0n) is 6.13. The Bertz CT molecular complexity index is 158. The minimum Gasteiger partial charge on any atom is -0.480 e. The van der Waals surface area contributed by atoms with E-state index in [9.17, 15) is 4.79 Å². The predicted molar refractivity (Wildman–Crippen MR) is 37.6 cm³/mol. The summed E-state index contributed by atoms with van der Waals surface area (Å²) in [6, 6.07) is 0. The molecule has 2 atom stereocenters. The van der Waals surface area contributed by atoms with Crippen molar-refractivity contribution in [1.82, 2.24) is 0 Å². The van der Waals surface area contributed by atoms with Crippen LogP contribution in [0.5, 0.6) is 0 Å². The molecule has 1 fully saturated rings. The van der Waals surface area contributed by atoms with Crippen molar-refractivity contribution in [2.24, 2.45) is 11.7 Å². The Balaban J connectivity index is 2.75. The highest BCUT2D eigenvalue weighted by atomic mass is 16.4. The molecule has 0 heterocycles. The largest absolute Gasteiger partial charge is 0.480 e. The second-order valence-electron chi connectivity index (χ2n) is 3.14. The highest BCUT2D eigenvalue weighted by Crippen LogP contribution is 2.33. The zero-order valence-corrected chi connectivity index (χ0v) is 6.13.